The Labute approximate surface area is 119 Å². The van der Waals surface area contributed by atoms with E-state index in [2.05, 4.69) is 30.3 Å². The molecule has 0 fully saturated rings. The second-order valence-electron chi connectivity index (χ2n) is 4.54. The lowest BCUT2D eigenvalue weighted by atomic mass is 10.1. The minimum absolute atomic E-state index is 0.772. The monoisotopic (exact) mass is 278 g/mol. The Balaban J connectivity index is 2.17. The van der Waals surface area contributed by atoms with Gasteiger partial charge in [0.1, 0.15) is 0 Å². The molecule has 0 spiro atoms. The van der Waals surface area contributed by atoms with Gasteiger partial charge >= 0.3 is 0 Å². The molecular formula is C15H19ClN2O. The molecule has 0 aliphatic carbocycles. The van der Waals surface area contributed by atoms with Gasteiger partial charge in [-0.25, -0.2) is 0 Å². The number of halogens is 1. The fraction of sp³-hybridized carbons (Fsp3) is 0.333. The smallest absolute Gasteiger partial charge is 0.0952 e. The number of nitrogens with one attached hydrogen (secondary N) is 1. The Hall–Kier alpha value is -1.45. The Morgan fingerprint density at radius 1 is 1.32 bits per heavy atom. The molecule has 102 valence electrons. The molecule has 0 atom stereocenters. The number of hydrogen-bond acceptors (Lipinski definition) is 3. The van der Waals surface area contributed by atoms with Crippen LogP contribution in [0.15, 0.2) is 41.2 Å². The van der Waals surface area contributed by atoms with Crippen molar-refractivity contribution in [1.29, 1.82) is 0 Å². The average Bonchev–Trinajstić information content (AvgIpc) is 2.89. The highest BCUT2D eigenvalue weighted by Crippen LogP contribution is 2.25. The molecule has 0 unspecified atom stereocenters. The van der Waals surface area contributed by atoms with E-state index in [4.69, 9.17) is 16.0 Å². The highest BCUT2D eigenvalue weighted by atomic mass is 35.5. The van der Waals surface area contributed by atoms with Gasteiger partial charge in [0.15, 0.2) is 0 Å². The molecule has 3 nitrogen and oxygen atoms in total. The normalized spacial score (nSPS) is 10.7. The van der Waals surface area contributed by atoms with E-state index in [9.17, 15) is 0 Å². The van der Waals surface area contributed by atoms with E-state index >= 15 is 0 Å². The van der Waals surface area contributed by atoms with Gasteiger partial charge in [-0.15, -0.1) is 0 Å². The van der Waals surface area contributed by atoms with Gasteiger partial charge in [0, 0.05) is 36.4 Å². The largest absolute Gasteiger partial charge is 0.472 e. The Bertz CT molecular complexity index is 511. The summed E-state index contributed by atoms with van der Waals surface area (Å²) in [6, 6.07) is 8.00. The summed E-state index contributed by atoms with van der Waals surface area (Å²) < 4.78 is 5.11. The molecule has 19 heavy (non-hydrogen) atoms. The third-order valence-electron chi connectivity index (χ3n) is 3.02. The number of nitrogens with zero attached hydrogens (tertiary/aromatic N) is 1. The summed E-state index contributed by atoms with van der Waals surface area (Å²) in [6.07, 6.45) is 3.47. The van der Waals surface area contributed by atoms with Crippen LogP contribution in [0, 0.1) is 0 Å². The van der Waals surface area contributed by atoms with Gasteiger partial charge in [-0.2, -0.15) is 0 Å². The predicted molar refractivity (Wildman–Crippen MR) is 79.6 cm³/mol. The van der Waals surface area contributed by atoms with Crippen LogP contribution < -0.4 is 10.2 Å². The number of anilines is 1. The van der Waals surface area contributed by atoms with Crippen LogP contribution >= 0.6 is 11.6 Å². The molecule has 0 bridgehead atoms. The zero-order chi connectivity index (χ0) is 13.7. The lowest BCUT2D eigenvalue weighted by Crippen LogP contribution is -2.20. The zero-order valence-electron chi connectivity index (χ0n) is 11.3. The average molecular weight is 279 g/mol. The maximum absolute atomic E-state index is 6.08. The summed E-state index contributed by atoms with van der Waals surface area (Å²) in [4.78, 5) is 2.20. The van der Waals surface area contributed by atoms with E-state index < -0.39 is 0 Å². The summed E-state index contributed by atoms with van der Waals surface area (Å²) in [6.45, 7) is 4.68. The first-order valence-electron chi connectivity index (χ1n) is 6.42. The lowest BCUT2D eigenvalue weighted by Gasteiger charge is -2.22. The summed E-state index contributed by atoms with van der Waals surface area (Å²) in [5, 5.41) is 4.11. The van der Waals surface area contributed by atoms with Crippen LogP contribution in [-0.2, 0) is 13.1 Å². The van der Waals surface area contributed by atoms with Crippen molar-refractivity contribution < 1.29 is 4.42 Å². The number of benzene rings is 1. The van der Waals surface area contributed by atoms with Crippen molar-refractivity contribution in [2.45, 2.75) is 20.0 Å². The third-order valence-corrected chi connectivity index (χ3v) is 3.25. The maximum atomic E-state index is 6.08. The zero-order valence-corrected chi connectivity index (χ0v) is 12.1. The van der Waals surface area contributed by atoms with Crippen LogP contribution in [0.25, 0.3) is 0 Å². The Morgan fingerprint density at radius 3 is 2.84 bits per heavy atom. The SMILES string of the molecule is CCNCc1cc(Cl)ccc1N(C)Cc1ccoc1. The van der Waals surface area contributed by atoms with Gasteiger partial charge in [0.2, 0.25) is 0 Å². The molecule has 0 saturated heterocycles. The summed E-state index contributed by atoms with van der Waals surface area (Å²) in [5.41, 5.74) is 3.55. The molecule has 1 aromatic carbocycles. The van der Waals surface area contributed by atoms with Crippen LogP contribution in [0.2, 0.25) is 5.02 Å². The second kappa shape index (κ2) is 6.64. The maximum Gasteiger partial charge on any atom is 0.0952 e. The van der Waals surface area contributed by atoms with Crippen LogP contribution in [0.3, 0.4) is 0 Å². The van der Waals surface area contributed by atoms with Crippen LogP contribution in [0.5, 0.6) is 0 Å². The van der Waals surface area contributed by atoms with E-state index in [-0.39, 0.29) is 0 Å². The molecule has 4 heteroatoms. The molecule has 0 aliphatic rings. The van der Waals surface area contributed by atoms with Gasteiger partial charge in [-0.1, -0.05) is 18.5 Å². The Kier molecular flexibility index (Phi) is 4.88. The second-order valence-corrected chi connectivity index (χ2v) is 4.98. The van der Waals surface area contributed by atoms with Crippen molar-refractivity contribution in [3.05, 3.63) is 52.9 Å². The van der Waals surface area contributed by atoms with Gasteiger partial charge < -0.3 is 14.6 Å². The fourth-order valence-electron chi connectivity index (χ4n) is 2.07. The fourth-order valence-corrected chi connectivity index (χ4v) is 2.26. The van der Waals surface area contributed by atoms with Gasteiger partial charge in [-0.3, -0.25) is 0 Å². The van der Waals surface area contributed by atoms with Crippen molar-refractivity contribution >= 4 is 17.3 Å². The molecule has 0 saturated carbocycles. The molecule has 1 heterocycles. The quantitative estimate of drug-likeness (QED) is 0.874. The summed E-state index contributed by atoms with van der Waals surface area (Å²) in [7, 11) is 2.08. The molecular weight excluding hydrogens is 260 g/mol. The minimum Gasteiger partial charge on any atom is -0.472 e. The molecule has 2 aromatic rings. The van der Waals surface area contributed by atoms with Crippen molar-refractivity contribution in [2.24, 2.45) is 0 Å². The first kappa shape index (κ1) is 14.0. The topological polar surface area (TPSA) is 28.4 Å². The standard InChI is InChI=1S/C15H19ClN2O/c1-3-17-9-13-8-14(16)4-5-15(13)18(2)10-12-6-7-19-11-12/h4-8,11,17H,3,9-10H2,1-2H3. The molecule has 2 rings (SSSR count). The van der Waals surface area contributed by atoms with E-state index in [0.717, 1.165) is 30.2 Å². The van der Waals surface area contributed by atoms with E-state index in [1.54, 1.807) is 12.5 Å². The van der Waals surface area contributed by atoms with Crippen LogP contribution in [-0.4, -0.2) is 13.6 Å². The number of hydrogen-bond donors (Lipinski definition) is 1. The third kappa shape index (κ3) is 3.75. The van der Waals surface area contributed by atoms with Gasteiger partial charge in [-0.05, 0) is 36.4 Å². The lowest BCUT2D eigenvalue weighted by molar-refractivity contribution is 0.563. The summed E-state index contributed by atoms with van der Waals surface area (Å²) in [5.74, 6) is 0. The molecule has 0 aliphatic heterocycles. The van der Waals surface area contributed by atoms with E-state index in [0.29, 0.717) is 0 Å². The number of furan rings is 1. The molecule has 1 N–H and O–H groups in total. The highest BCUT2D eigenvalue weighted by Gasteiger charge is 2.09. The highest BCUT2D eigenvalue weighted by molar-refractivity contribution is 6.30. The first-order valence-corrected chi connectivity index (χ1v) is 6.80. The van der Waals surface area contributed by atoms with E-state index in [1.165, 1.54) is 11.3 Å². The van der Waals surface area contributed by atoms with E-state index in [1.807, 2.05) is 18.2 Å². The van der Waals surface area contributed by atoms with Crippen LogP contribution in [0.1, 0.15) is 18.1 Å². The van der Waals surface area contributed by atoms with Crippen molar-refractivity contribution in [3.63, 3.8) is 0 Å². The Morgan fingerprint density at radius 2 is 2.16 bits per heavy atom. The predicted octanol–water partition coefficient (Wildman–Crippen LogP) is 3.68. The number of rotatable bonds is 6. The van der Waals surface area contributed by atoms with Crippen molar-refractivity contribution in [1.82, 2.24) is 5.32 Å². The van der Waals surface area contributed by atoms with Crippen molar-refractivity contribution in [3.8, 4) is 0 Å². The molecule has 0 radical (unpaired) electrons. The minimum atomic E-state index is 0.772. The molecule has 0 amide bonds. The summed E-state index contributed by atoms with van der Waals surface area (Å²) >= 11 is 6.08. The first-order chi connectivity index (χ1) is 9.20. The van der Waals surface area contributed by atoms with Crippen LogP contribution in [0.4, 0.5) is 5.69 Å². The van der Waals surface area contributed by atoms with Gasteiger partial charge in [0.05, 0.1) is 12.5 Å². The van der Waals surface area contributed by atoms with Gasteiger partial charge in [0.25, 0.3) is 0 Å². The molecule has 1 aromatic heterocycles. The van der Waals surface area contributed by atoms with Crippen molar-refractivity contribution in [2.75, 3.05) is 18.5 Å².